The number of ether oxygens (including phenoxy) is 2. The Kier molecular flexibility index (Phi) is 9.54. The summed E-state index contributed by atoms with van der Waals surface area (Å²) in [4.78, 5) is 25.7. The molecule has 0 aliphatic carbocycles. The van der Waals surface area contributed by atoms with Gasteiger partial charge in [0, 0.05) is 17.0 Å². The van der Waals surface area contributed by atoms with Gasteiger partial charge >= 0.3 is 0 Å². The van der Waals surface area contributed by atoms with Gasteiger partial charge in [0.2, 0.25) is 5.91 Å². The molecule has 0 atom stereocenters. The SMILES string of the molecule is CCCCOc1ccc(OC)cc1NC(=O)c1ccccc1SCC(=O)NC(C)C. The third-order valence-electron chi connectivity index (χ3n) is 4.13. The Labute approximate surface area is 182 Å². The minimum Gasteiger partial charge on any atom is -0.497 e. The van der Waals surface area contributed by atoms with Crippen LogP contribution in [0.15, 0.2) is 47.4 Å². The van der Waals surface area contributed by atoms with Crippen LogP contribution in [-0.2, 0) is 4.79 Å². The second kappa shape index (κ2) is 12.1. The summed E-state index contributed by atoms with van der Waals surface area (Å²) >= 11 is 1.34. The standard InChI is InChI=1S/C23H30N2O4S/c1-5-6-13-29-20-12-11-17(28-4)14-19(20)25-23(27)18-9-7-8-10-21(18)30-15-22(26)24-16(2)3/h7-12,14,16H,5-6,13,15H2,1-4H3,(H,24,26)(H,25,27). The number of amides is 2. The number of unbranched alkanes of at least 4 members (excludes halogenated alkanes) is 1. The summed E-state index contributed by atoms with van der Waals surface area (Å²) in [5.74, 6) is 1.13. The van der Waals surface area contributed by atoms with Gasteiger partial charge in [-0.15, -0.1) is 11.8 Å². The summed E-state index contributed by atoms with van der Waals surface area (Å²) in [6.45, 7) is 6.50. The molecule has 30 heavy (non-hydrogen) atoms. The molecule has 2 aromatic carbocycles. The van der Waals surface area contributed by atoms with Crippen molar-refractivity contribution in [2.24, 2.45) is 0 Å². The van der Waals surface area contributed by atoms with Gasteiger partial charge in [-0.25, -0.2) is 0 Å². The molecular weight excluding hydrogens is 400 g/mol. The van der Waals surface area contributed by atoms with Crippen LogP contribution in [0.5, 0.6) is 11.5 Å². The predicted octanol–water partition coefficient (Wildman–Crippen LogP) is 4.74. The molecule has 0 radical (unpaired) electrons. The minimum absolute atomic E-state index is 0.0652. The van der Waals surface area contributed by atoms with E-state index in [1.165, 1.54) is 11.8 Å². The van der Waals surface area contributed by atoms with Crippen LogP contribution in [0.4, 0.5) is 5.69 Å². The van der Waals surface area contributed by atoms with Crippen LogP contribution < -0.4 is 20.1 Å². The zero-order valence-electron chi connectivity index (χ0n) is 18.0. The first-order valence-electron chi connectivity index (χ1n) is 10.1. The van der Waals surface area contributed by atoms with Crippen molar-refractivity contribution >= 4 is 29.3 Å². The number of rotatable bonds is 11. The maximum absolute atomic E-state index is 13.0. The topological polar surface area (TPSA) is 76.7 Å². The van der Waals surface area contributed by atoms with E-state index < -0.39 is 0 Å². The number of carbonyl (C=O) groups is 2. The number of methoxy groups -OCH3 is 1. The molecule has 0 aliphatic heterocycles. The number of hydrogen-bond acceptors (Lipinski definition) is 5. The molecule has 0 unspecified atom stereocenters. The van der Waals surface area contributed by atoms with Gasteiger partial charge in [-0.1, -0.05) is 25.5 Å². The van der Waals surface area contributed by atoms with Crippen LogP contribution in [0.3, 0.4) is 0 Å². The van der Waals surface area contributed by atoms with Gasteiger partial charge in [0.15, 0.2) is 0 Å². The van der Waals surface area contributed by atoms with Gasteiger partial charge in [0.25, 0.3) is 5.91 Å². The fourth-order valence-electron chi connectivity index (χ4n) is 2.66. The van der Waals surface area contributed by atoms with Gasteiger partial charge in [-0.2, -0.15) is 0 Å². The molecule has 2 amide bonds. The van der Waals surface area contributed by atoms with Crippen molar-refractivity contribution in [3.05, 3.63) is 48.0 Å². The molecule has 0 aromatic heterocycles. The van der Waals surface area contributed by atoms with E-state index in [9.17, 15) is 9.59 Å². The van der Waals surface area contributed by atoms with Gasteiger partial charge in [-0.05, 0) is 44.5 Å². The van der Waals surface area contributed by atoms with Crippen LogP contribution in [0.25, 0.3) is 0 Å². The number of benzene rings is 2. The molecule has 2 aromatic rings. The fraction of sp³-hybridized carbons (Fsp3) is 0.391. The lowest BCUT2D eigenvalue weighted by Gasteiger charge is -2.15. The van der Waals surface area contributed by atoms with E-state index >= 15 is 0 Å². The predicted molar refractivity (Wildman–Crippen MR) is 122 cm³/mol. The van der Waals surface area contributed by atoms with Crippen LogP contribution in [0.1, 0.15) is 44.0 Å². The summed E-state index contributed by atoms with van der Waals surface area (Å²) in [6, 6.07) is 12.7. The highest BCUT2D eigenvalue weighted by Crippen LogP contribution is 2.31. The lowest BCUT2D eigenvalue weighted by atomic mass is 10.2. The van der Waals surface area contributed by atoms with E-state index in [1.54, 1.807) is 37.4 Å². The molecule has 0 fully saturated rings. The van der Waals surface area contributed by atoms with Crippen LogP contribution >= 0.6 is 11.8 Å². The second-order valence-electron chi connectivity index (χ2n) is 7.03. The Morgan fingerprint density at radius 3 is 2.60 bits per heavy atom. The summed E-state index contributed by atoms with van der Waals surface area (Å²) in [7, 11) is 1.58. The van der Waals surface area contributed by atoms with Crippen LogP contribution in [0.2, 0.25) is 0 Å². The second-order valence-corrected chi connectivity index (χ2v) is 8.04. The lowest BCUT2D eigenvalue weighted by Crippen LogP contribution is -2.31. The van der Waals surface area contributed by atoms with E-state index in [4.69, 9.17) is 9.47 Å². The van der Waals surface area contributed by atoms with Crippen molar-refractivity contribution < 1.29 is 19.1 Å². The molecule has 0 heterocycles. The largest absolute Gasteiger partial charge is 0.497 e. The van der Waals surface area contributed by atoms with Gasteiger partial charge < -0.3 is 20.1 Å². The molecule has 162 valence electrons. The first-order valence-corrected chi connectivity index (χ1v) is 11.1. The molecule has 2 N–H and O–H groups in total. The van der Waals surface area contributed by atoms with Crippen molar-refractivity contribution in [1.29, 1.82) is 0 Å². The average Bonchev–Trinajstić information content (AvgIpc) is 2.73. The average molecular weight is 431 g/mol. The summed E-state index contributed by atoms with van der Waals surface area (Å²) in [6.07, 6.45) is 1.95. The third kappa shape index (κ3) is 7.30. The summed E-state index contributed by atoms with van der Waals surface area (Å²) in [5, 5.41) is 5.79. The van der Waals surface area contributed by atoms with Crippen LogP contribution in [-0.4, -0.2) is 37.3 Å². The minimum atomic E-state index is -0.268. The maximum atomic E-state index is 13.0. The van der Waals surface area contributed by atoms with Crippen molar-refractivity contribution in [3.8, 4) is 11.5 Å². The number of carbonyl (C=O) groups excluding carboxylic acids is 2. The van der Waals surface area contributed by atoms with E-state index in [1.807, 2.05) is 26.0 Å². The molecule has 6 nitrogen and oxygen atoms in total. The maximum Gasteiger partial charge on any atom is 0.256 e. The Hall–Kier alpha value is -2.67. The smallest absolute Gasteiger partial charge is 0.256 e. The lowest BCUT2D eigenvalue weighted by molar-refractivity contribution is -0.119. The van der Waals surface area contributed by atoms with E-state index in [2.05, 4.69) is 17.6 Å². The highest BCUT2D eigenvalue weighted by atomic mass is 32.2. The van der Waals surface area contributed by atoms with E-state index in [0.29, 0.717) is 29.4 Å². The normalized spacial score (nSPS) is 10.6. The zero-order valence-corrected chi connectivity index (χ0v) is 18.8. The van der Waals surface area contributed by atoms with E-state index in [0.717, 1.165) is 17.7 Å². The number of hydrogen-bond donors (Lipinski definition) is 2. The summed E-state index contributed by atoms with van der Waals surface area (Å²) < 4.78 is 11.1. The Bertz CT molecular complexity index is 855. The number of anilines is 1. The van der Waals surface area contributed by atoms with E-state index in [-0.39, 0.29) is 23.6 Å². The van der Waals surface area contributed by atoms with Crippen molar-refractivity contribution in [1.82, 2.24) is 5.32 Å². The number of thioether (sulfide) groups is 1. The first-order chi connectivity index (χ1) is 14.4. The molecular formula is C23H30N2O4S. The quantitative estimate of drug-likeness (QED) is 0.398. The van der Waals surface area contributed by atoms with Gasteiger partial charge in [0.1, 0.15) is 11.5 Å². The van der Waals surface area contributed by atoms with Gasteiger partial charge in [-0.3, -0.25) is 9.59 Å². The molecule has 0 aliphatic rings. The van der Waals surface area contributed by atoms with Crippen molar-refractivity contribution in [2.45, 2.75) is 44.6 Å². The molecule has 0 saturated heterocycles. The fourth-order valence-corrected chi connectivity index (χ4v) is 3.52. The molecule has 0 spiro atoms. The molecule has 0 saturated carbocycles. The Balaban J connectivity index is 2.16. The molecule has 7 heteroatoms. The van der Waals surface area contributed by atoms with Crippen LogP contribution in [0, 0.1) is 0 Å². The van der Waals surface area contributed by atoms with Crippen molar-refractivity contribution in [2.75, 3.05) is 24.8 Å². The molecule has 2 rings (SSSR count). The van der Waals surface area contributed by atoms with Crippen molar-refractivity contribution in [3.63, 3.8) is 0 Å². The Morgan fingerprint density at radius 1 is 1.13 bits per heavy atom. The Morgan fingerprint density at radius 2 is 1.90 bits per heavy atom. The highest BCUT2D eigenvalue weighted by Gasteiger charge is 2.16. The first kappa shape index (κ1) is 23.6. The monoisotopic (exact) mass is 430 g/mol. The number of nitrogens with one attached hydrogen (secondary N) is 2. The zero-order chi connectivity index (χ0) is 21.9. The van der Waals surface area contributed by atoms with Gasteiger partial charge in [0.05, 0.1) is 30.7 Å². The summed E-state index contributed by atoms with van der Waals surface area (Å²) in [5.41, 5.74) is 1.05. The highest BCUT2D eigenvalue weighted by molar-refractivity contribution is 8.00. The third-order valence-corrected chi connectivity index (χ3v) is 5.20. The molecule has 0 bridgehead atoms.